The van der Waals surface area contributed by atoms with E-state index in [0.29, 0.717) is 24.0 Å². The van der Waals surface area contributed by atoms with Crippen LogP contribution in [-0.4, -0.2) is 39.5 Å². The number of ketones is 1. The van der Waals surface area contributed by atoms with Crippen molar-refractivity contribution in [2.45, 2.75) is 25.8 Å². The van der Waals surface area contributed by atoms with Crippen molar-refractivity contribution in [3.05, 3.63) is 40.9 Å². The van der Waals surface area contributed by atoms with Gasteiger partial charge >= 0.3 is 6.21 Å². The number of nitrogens with zero attached hydrogens (tertiary/aromatic N) is 3. The van der Waals surface area contributed by atoms with Crippen LogP contribution in [-0.2, 0) is 4.79 Å². The molecule has 0 aliphatic carbocycles. The molecule has 0 radical (unpaired) electrons. The first-order valence-electron chi connectivity index (χ1n) is 6.30. The molecule has 1 aromatic carbocycles. The number of rotatable bonds is 5. The zero-order valence-electron chi connectivity index (χ0n) is 10.9. The Balaban J connectivity index is 2.42. The second-order valence-corrected chi connectivity index (χ2v) is 4.48. The van der Waals surface area contributed by atoms with Crippen molar-refractivity contribution in [1.82, 2.24) is 4.90 Å². The van der Waals surface area contributed by atoms with Crippen molar-refractivity contribution in [2.24, 2.45) is 0 Å². The van der Waals surface area contributed by atoms with E-state index >= 15 is 0 Å². The highest BCUT2D eigenvalue weighted by Crippen LogP contribution is 2.26. The maximum absolute atomic E-state index is 12.3. The van der Waals surface area contributed by atoms with E-state index in [1.807, 2.05) is 6.92 Å². The van der Waals surface area contributed by atoms with Gasteiger partial charge in [-0.25, -0.2) is 0 Å². The number of hydrogen-bond acceptors (Lipinski definition) is 3. The summed E-state index contributed by atoms with van der Waals surface area (Å²) in [5.41, 5.74) is 9.06. The number of benzene rings is 1. The van der Waals surface area contributed by atoms with Crippen molar-refractivity contribution < 1.29 is 19.2 Å². The smallest absolute Gasteiger partial charge is 0.325 e. The molecule has 0 unspecified atom stereocenters. The first kappa shape index (κ1) is 13.8. The Hall–Kier alpha value is -2.59. The van der Waals surface area contributed by atoms with Gasteiger partial charge in [0, 0.05) is 0 Å². The highest BCUT2D eigenvalue weighted by Gasteiger charge is 2.42. The number of Topliss-reactive ketones (excluding diaryl/α,β-unsaturated/α-hetero) is 1. The molecular formula is C14H13N3O3. The van der Waals surface area contributed by atoms with Crippen LogP contribution in [0.15, 0.2) is 24.3 Å². The summed E-state index contributed by atoms with van der Waals surface area (Å²) < 4.78 is 0. The van der Waals surface area contributed by atoms with Crippen LogP contribution in [0.25, 0.3) is 5.53 Å². The summed E-state index contributed by atoms with van der Waals surface area (Å²) in [4.78, 5) is 40.1. The van der Waals surface area contributed by atoms with Crippen LogP contribution in [0, 0.1) is 0 Å². The summed E-state index contributed by atoms with van der Waals surface area (Å²) in [6, 6.07) is 5.52. The van der Waals surface area contributed by atoms with Crippen molar-refractivity contribution in [3.63, 3.8) is 0 Å². The van der Waals surface area contributed by atoms with Crippen molar-refractivity contribution in [2.75, 3.05) is 0 Å². The minimum atomic E-state index is -0.928. The number of imide groups is 1. The Morgan fingerprint density at radius 2 is 1.85 bits per heavy atom. The van der Waals surface area contributed by atoms with Crippen LogP contribution >= 0.6 is 0 Å². The number of carbonyl (C=O) groups excluding carboxylic acids is 3. The molecule has 20 heavy (non-hydrogen) atoms. The van der Waals surface area contributed by atoms with Gasteiger partial charge in [-0.1, -0.05) is 25.5 Å². The van der Waals surface area contributed by atoms with E-state index < -0.39 is 23.6 Å². The number of fused-ring (bicyclic) bond motifs is 1. The van der Waals surface area contributed by atoms with Crippen molar-refractivity contribution in [3.8, 4) is 0 Å². The van der Waals surface area contributed by atoms with E-state index in [9.17, 15) is 14.4 Å². The summed E-state index contributed by atoms with van der Waals surface area (Å²) in [5.74, 6) is -1.53. The predicted molar refractivity (Wildman–Crippen MR) is 70.3 cm³/mol. The Morgan fingerprint density at radius 1 is 1.30 bits per heavy atom. The van der Waals surface area contributed by atoms with Gasteiger partial charge in [0.15, 0.2) is 0 Å². The highest BCUT2D eigenvalue weighted by molar-refractivity contribution is 6.31. The average molecular weight is 271 g/mol. The predicted octanol–water partition coefficient (Wildman–Crippen LogP) is 1.32. The third kappa shape index (κ3) is 2.17. The molecule has 1 aromatic rings. The van der Waals surface area contributed by atoms with Gasteiger partial charge in [0.1, 0.15) is 6.04 Å². The number of carbonyl (C=O) groups is 3. The molecule has 0 spiro atoms. The molecule has 6 nitrogen and oxygen atoms in total. The van der Waals surface area contributed by atoms with Gasteiger partial charge in [0.05, 0.1) is 11.1 Å². The van der Waals surface area contributed by atoms with Gasteiger partial charge in [-0.15, -0.1) is 0 Å². The Bertz CT molecular complexity index is 597. The number of amides is 2. The maximum atomic E-state index is 12.3. The van der Waals surface area contributed by atoms with Gasteiger partial charge in [0.2, 0.25) is 0 Å². The minimum Gasteiger partial charge on any atom is -0.361 e. The molecule has 2 rings (SSSR count). The average Bonchev–Trinajstić information content (AvgIpc) is 2.70. The topological polar surface area (TPSA) is 90.8 Å². The largest absolute Gasteiger partial charge is 0.361 e. The summed E-state index contributed by atoms with van der Waals surface area (Å²) >= 11 is 0. The van der Waals surface area contributed by atoms with Crippen LogP contribution in [0.1, 0.15) is 40.5 Å². The van der Waals surface area contributed by atoms with E-state index in [1.165, 1.54) is 0 Å². The zero-order valence-corrected chi connectivity index (χ0v) is 10.9. The van der Waals surface area contributed by atoms with Gasteiger partial charge in [-0.05, 0) is 18.6 Å². The third-order valence-corrected chi connectivity index (χ3v) is 3.21. The number of hydrogen-bond donors (Lipinski definition) is 0. The molecule has 1 heterocycles. The fourth-order valence-corrected chi connectivity index (χ4v) is 2.31. The van der Waals surface area contributed by atoms with E-state index in [0.717, 1.165) is 11.1 Å². The second-order valence-electron chi connectivity index (χ2n) is 4.48. The second kappa shape index (κ2) is 5.59. The first-order chi connectivity index (χ1) is 9.61. The Morgan fingerprint density at radius 3 is 2.30 bits per heavy atom. The van der Waals surface area contributed by atoms with E-state index in [2.05, 4.69) is 4.79 Å². The molecule has 0 saturated heterocycles. The molecule has 6 heteroatoms. The van der Waals surface area contributed by atoms with Crippen molar-refractivity contribution in [1.29, 1.82) is 0 Å². The third-order valence-electron chi connectivity index (χ3n) is 3.21. The lowest BCUT2D eigenvalue weighted by atomic mass is 10.1. The molecule has 0 aromatic heterocycles. The first-order valence-corrected chi connectivity index (χ1v) is 6.30. The quantitative estimate of drug-likeness (QED) is 0.350. The fraction of sp³-hybridized carbons (Fsp3) is 0.286. The highest BCUT2D eigenvalue weighted by atomic mass is 16.2. The van der Waals surface area contributed by atoms with E-state index in [4.69, 9.17) is 5.53 Å². The summed E-state index contributed by atoms with van der Waals surface area (Å²) in [7, 11) is 0. The lowest BCUT2D eigenvalue weighted by Crippen LogP contribution is -2.45. The summed E-state index contributed by atoms with van der Waals surface area (Å²) in [5, 5.41) is 0. The lowest BCUT2D eigenvalue weighted by molar-refractivity contribution is -0.119. The van der Waals surface area contributed by atoms with Crippen LogP contribution in [0.3, 0.4) is 0 Å². The fourth-order valence-electron chi connectivity index (χ4n) is 2.31. The molecule has 0 saturated carbocycles. The van der Waals surface area contributed by atoms with E-state index in [1.54, 1.807) is 24.3 Å². The SMILES string of the molecule is CCC[C@@H](C(=O)C=[N+]=[N-])N1C(=O)c2ccccc2C1=O. The molecular weight excluding hydrogens is 258 g/mol. The summed E-state index contributed by atoms with van der Waals surface area (Å²) in [6.45, 7) is 1.84. The van der Waals surface area contributed by atoms with Crippen LogP contribution in [0.5, 0.6) is 0 Å². The van der Waals surface area contributed by atoms with E-state index in [-0.39, 0.29) is 0 Å². The van der Waals surface area contributed by atoms with Gasteiger partial charge in [-0.3, -0.25) is 19.3 Å². The maximum Gasteiger partial charge on any atom is 0.325 e. The molecule has 0 N–H and O–H groups in total. The molecule has 0 bridgehead atoms. The monoisotopic (exact) mass is 271 g/mol. The van der Waals surface area contributed by atoms with Crippen LogP contribution in [0.2, 0.25) is 0 Å². The molecule has 1 aliphatic rings. The van der Waals surface area contributed by atoms with Crippen molar-refractivity contribution >= 4 is 23.8 Å². The van der Waals surface area contributed by atoms with Crippen LogP contribution in [0.4, 0.5) is 0 Å². The van der Waals surface area contributed by atoms with Gasteiger partial charge in [-0.2, -0.15) is 4.79 Å². The van der Waals surface area contributed by atoms with Gasteiger partial charge < -0.3 is 5.53 Å². The molecule has 2 amide bonds. The Kier molecular flexibility index (Phi) is 3.86. The Labute approximate surface area is 115 Å². The summed E-state index contributed by atoms with van der Waals surface area (Å²) in [6.07, 6.45) is 1.67. The normalized spacial score (nSPS) is 14.8. The standard InChI is InChI=1S/C14H13N3O3/c1-2-5-11(12(18)8-16-15)17-13(19)9-6-3-4-7-10(9)14(17)20/h3-4,6-8,11H,2,5H2,1H3/t11-/m0/s1. The molecule has 0 fully saturated rings. The molecule has 1 aliphatic heterocycles. The zero-order chi connectivity index (χ0) is 14.7. The minimum absolute atomic E-state index is 0.298. The lowest BCUT2D eigenvalue weighted by Gasteiger charge is -2.22. The molecule has 102 valence electrons. The molecule has 1 atom stereocenters. The van der Waals surface area contributed by atoms with Crippen LogP contribution < -0.4 is 0 Å². The van der Waals surface area contributed by atoms with Gasteiger partial charge in [0.25, 0.3) is 17.6 Å².